The molecule has 1 aromatic carbocycles. The van der Waals surface area contributed by atoms with Gasteiger partial charge in [0.2, 0.25) is 11.8 Å². The lowest BCUT2D eigenvalue weighted by atomic mass is 9.90. The van der Waals surface area contributed by atoms with Gasteiger partial charge in [0.1, 0.15) is 0 Å². The normalized spacial score (nSPS) is 20.0. The molecule has 2 aromatic heterocycles. The van der Waals surface area contributed by atoms with E-state index in [0.717, 1.165) is 66.6 Å². The second-order valence-corrected chi connectivity index (χ2v) is 12.7. The molecule has 8 nitrogen and oxygen atoms in total. The fraction of sp³-hybridized carbons (Fsp3) is 0.469. The van der Waals surface area contributed by atoms with E-state index in [2.05, 4.69) is 6.07 Å². The molecule has 3 fully saturated rings. The summed E-state index contributed by atoms with van der Waals surface area (Å²) in [6.45, 7) is 0.688. The predicted molar refractivity (Wildman–Crippen MR) is 159 cm³/mol. The van der Waals surface area contributed by atoms with Gasteiger partial charge in [0.05, 0.1) is 12.1 Å². The van der Waals surface area contributed by atoms with Gasteiger partial charge in [-0.1, -0.05) is 56.0 Å². The Morgan fingerprint density at radius 1 is 1.10 bits per heavy atom. The number of hydrogen-bond acceptors (Lipinski definition) is 6. The molecule has 9 heteroatoms. The molecule has 0 radical (unpaired) electrons. The standard InChI is InChI=1S/C32H36N4O4S/c1-35-18-23(15-29(35)37)27-13-10-21(17-33-27)25-8-4-5-9-26(25)28-19-41-32(34-28)36(24-11-12-24)31(40)22(16-30(38)39)14-20-6-2-3-7-20/h4-5,8-10,13,17,19-20,22-24H,2-3,6-7,11-12,14-16,18H2,1H3,(H,38,39). The van der Waals surface area contributed by atoms with Crippen molar-refractivity contribution < 1.29 is 19.5 Å². The van der Waals surface area contributed by atoms with Gasteiger partial charge < -0.3 is 10.0 Å². The van der Waals surface area contributed by atoms with E-state index in [0.29, 0.717) is 30.4 Å². The summed E-state index contributed by atoms with van der Waals surface area (Å²) in [5.41, 5.74) is 4.63. The summed E-state index contributed by atoms with van der Waals surface area (Å²) in [4.78, 5) is 50.8. The molecule has 3 heterocycles. The van der Waals surface area contributed by atoms with Crippen molar-refractivity contribution in [2.75, 3.05) is 18.5 Å². The van der Waals surface area contributed by atoms with Gasteiger partial charge in [0, 0.05) is 66.3 Å². The Labute approximate surface area is 244 Å². The number of carbonyl (C=O) groups is 3. The molecule has 2 atom stereocenters. The molecule has 2 unspecified atom stereocenters. The predicted octanol–water partition coefficient (Wildman–Crippen LogP) is 5.98. The van der Waals surface area contributed by atoms with Crippen LogP contribution in [-0.4, -0.2) is 57.4 Å². The molecule has 41 heavy (non-hydrogen) atoms. The molecular weight excluding hydrogens is 536 g/mol. The minimum atomic E-state index is -0.919. The van der Waals surface area contributed by atoms with Crippen LogP contribution in [0, 0.1) is 11.8 Å². The third-order valence-electron chi connectivity index (χ3n) is 8.77. The van der Waals surface area contributed by atoms with Crippen molar-refractivity contribution in [2.24, 2.45) is 11.8 Å². The molecule has 1 saturated heterocycles. The van der Waals surface area contributed by atoms with Gasteiger partial charge >= 0.3 is 5.97 Å². The number of amides is 2. The Morgan fingerprint density at radius 3 is 2.49 bits per heavy atom. The van der Waals surface area contributed by atoms with Crippen molar-refractivity contribution in [3.8, 4) is 22.4 Å². The first kappa shape index (κ1) is 27.6. The molecule has 2 aliphatic carbocycles. The zero-order chi connectivity index (χ0) is 28.5. The van der Waals surface area contributed by atoms with E-state index in [-0.39, 0.29) is 30.2 Å². The van der Waals surface area contributed by atoms with Crippen molar-refractivity contribution >= 4 is 34.3 Å². The van der Waals surface area contributed by atoms with Gasteiger partial charge in [-0.2, -0.15) is 0 Å². The van der Waals surface area contributed by atoms with E-state index < -0.39 is 11.9 Å². The minimum absolute atomic E-state index is 0.0909. The average molecular weight is 573 g/mol. The van der Waals surface area contributed by atoms with Gasteiger partial charge in [-0.15, -0.1) is 11.3 Å². The van der Waals surface area contributed by atoms with Gasteiger partial charge in [-0.05, 0) is 36.8 Å². The van der Waals surface area contributed by atoms with Crippen molar-refractivity contribution in [3.05, 3.63) is 53.7 Å². The smallest absolute Gasteiger partial charge is 0.304 e. The highest BCUT2D eigenvalue weighted by atomic mass is 32.1. The summed E-state index contributed by atoms with van der Waals surface area (Å²) >= 11 is 1.45. The number of pyridine rings is 1. The van der Waals surface area contributed by atoms with Crippen molar-refractivity contribution in [2.45, 2.75) is 69.7 Å². The lowest BCUT2D eigenvalue weighted by molar-refractivity contribution is -0.141. The number of rotatable bonds is 10. The van der Waals surface area contributed by atoms with E-state index >= 15 is 0 Å². The zero-order valence-corrected chi connectivity index (χ0v) is 24.2. The van der Waals surface area contributed by atoms with E-state index in [1.165, 1.54) is 11.3 Å². The molecule has 3 aliphatic rings. The first-order valence-corrected chi connectivity index (χ1v) is 15.6. The van der Waals surface area contributed by atoms with Crippen LogP contribution in [-0.2, 0) is 14.4 Å². The van der Waals surface area contributed by atoms with Crippen LogP contribution in [0.4, 0.5) is 5.13 Å². The highest BCUT2D eigenvalue weighted by Crippen LogP contribution is 2.41. The topological polar surface area (TPSA) is 104 Å². The Hall–Kier alpha value is -3.59. The third kappa shape index (κ3) is 6.05. The van der Waals surface area contributed by atoms with E-state index in [4.69, 9.17) is 9.97 Å². The van der Waals surface area contributed by atoms with Crippen LogP contribution in [0.25, 0.3) is 22.4 Å². The van der Waals surface area contributed by atoms with Crippen LogP contribution in [0.15, 0.2) is 48.0 Å². The summed E-state index contributed by atoms with van der Waals surface area (Å²) in [6, 6.07) is 12.2. The zero-order valence-electron chi connectivity index (χ0n) is 23.4. The van der Waals surface area contributed by atoms with Crippen LogP contribution in [0.5, 0.6) is 0 Å². The number of thiazole rings is 1. The van der Waals surface area contributed by atoms with Crippen molar-refractivity contribution in [1.29, 1.82) is 0 Å². The second kappa shape index (κ2) is 11.7. The molecule has 6 rings (SSSR count). The van der Waals surface area contributed by atoms with E-state index in [1.54, 1.807) is 9.80 Å². The Morgan fingerprint density at radius 2 is 1.85 bits per heavy atom. The number of aliphatic carboxylic acids is 1. The molecule has 0 spiro atoms. The van der Waals surface area contributed by atoms with Gasteiger partial charge in [-0.25, -0.2) is 4.98 Å². The molecule has 0 bridgehead atoms. The number of hydrogen-bond donors (Lipinski definition) is 1. The number of likely N-dealkylation sites (N-methyl/N-ethyl adjacent to an activating group) is 1. The largest absolute Gasteiger partial charge is 0.481 e. The van der Waals surface area contributed by atoms with Crippen LogP contribution >= 0.6 is 11.3 Å². The minimum Gasteiger partial charge on any atom is -0.481 e. The number of nitrogens with zero attached hydrogens (tertiary/aromatic N) is 4. The molecule has 1 N–H and O–H groups in total. The molecule has 214 valence electrons. The van der Waals surface area contributed by atoms with E-state index in [1.807, 2.05) is 49.0 Å². The number of likely N-dealkylation sites (tertiary alicyclic amines) is 1. The fourth-order valence-electron chi connectivity index (χ4n) is 6.42. The third-order valence-corrected chi connectivity index (χ3v) is 9.61. The monoisotopic (exact) mass is 572 g/mol. The Kier molecular flexibility index (Phi) is 7.88. The number of carboxylic acid groups (broad SMARTS) is 1. The van der Waals surface area contributed by atoms with Crippen molar-refractivity contribution in [3.63, 3.8) is 0 Å². The van der Waals surface area contributed by atoms with Crippen LogP contribution in [0.1, 0.15) is 69.4 Å². The van der Waals surface area contributed by atoms with Crippen molar-refractivity contribution in [1.82, 2.24) is 14.9 Å². The van der Waals surface area contributed by atoms with Crippen LogP contribution in [0.2, 0.25) is 0 Å². The summed E-state index contributed by atoms with van der Waals surface area (Å²) < 4.78 is 0. The van der Waals surface area contributed by atoms with Crippen LogP contribution < -0.4 is 4.90 Å². The summed E-state index contributed by atoms with van der Waals surface area (Å²) in [5.74, 6) is -0.836. The summed E-state index contributed by atoms with van der Waals surface area (Å²) in [6.07, 6.45) is 9.19. The number of aromatic nitrogens is 2. The summed E-state index contributed by atoms with van der Waals surface area (Å²) in [7, 11) is 1.83. The first-order chi connectivity index (χ1) is 19.9. The lowest BCUT2D eigenvalue weighted by Crippen LogP contribution is -2.39. The average Bonchev–Trinajstić information content (AvgIpc) is 3.30. The number of benzene rings is 1. The highest BCUT2D eigenvalue weighted by molar-refractivity contribution is 7.14. The Bertz CT molecular complexity index is 1430. The molecular formula is C32H36N4O4S. The van der Waals surface area contributed by atoms with Gasteiger partial charge in [-0.3, -0.25) is 24.3 Å². The number of carbonyl (C=O) groups excluding carboxylic acids is 2. The number of anilines is 1. The van der Waals surface area contributed by atoms with Gasteiger partial charge in [0.25, 0.3) is 0 Å². The SMILES string of the molecule is CN1CC(c2ccc(-c3ccccc3-c3csc(N(C(=O)C(CC(=O)O)CC4CCCC4)C4CC4)n3)cn2)CC1=O. The Balaban J connectivity index is 1.25. The highest BCUT2D eigenvalue weighted by Gasteiger charge is 2.40. The van der Waals surface area contributed by atoms with Crippen LogP contribution in [0.3, 0.4) is 0 Å². The first-order valence-electron chi connectivity index (χ1n) is 14.7. The van der Waals surface area contributed by atoms with Gasteiger partial charge in [0.15, 0.2) is 5.13 Å². The molecule has 1 aliphatic heterocycles. The number of carboxylic acids is 1. The van der Waals surface area contributed by atoms with E-state index in [9.17, 15) is 19.5 Å². The molecule has 2 saturated carbocycles. The maximum Gasteiger partial charge on any atom is 0.304 e. The maximum atomic E-state index is 13.9. The second-order valence-electron chi connectivity index (χ2n) is 11.8. The summed E-state index contributed by atoms with van der Waals surface area (Å²) in [5, 5.41) is 12.2. The quantitative estimate of drug-likeness (QED) is 0.320. The molecule has 2 amide bonds. The lowest BCUT2D eigenvalue weighted by Gasteiger charge is -2.26. The maximum absolute atomic E-state index is 13.9. The molecule has 3 aromatic rings. The fourth-order valence-corrected chi connectivity index (χ4v) is 7.32.